The maximum Gasteiger partial charge on any atom is 0.329 e. The van der Waals surface area contributed by atoms with Crippen LogP contribution in [0.15, 0.2) is 61.1 Å². The van der Waals surface area contributed by atoms with Crippen LogP contribution in [0.4, 0.5) is 26.5 Å². The van der Waals surface area contributed by atoms with Gasteiger partial charge in [-0.05, 0) is 68.1 Å². The number of aromatic nitrogens is 6. The lowest BCUT2D eigenvalue weighted by Crippen LogP contribution is -2.49. The van der Waals surface area contributed by atoms with E-state index in [2.05, 4.69) is 30.5 Å². The number of rotatable bonds is 9. The molecule has 60 heavy (non-hydrogen) atoms. The smallest absolute Gasteiger partial charge is 0.329 e. The van der Waals surface area contributed by atoms with E-state index in [0.717, 1.165) is 40.8 Å². The van der Waals surface area contributed by atoms with Crippen LogP contribution in [0.2, 0.25) is 10.0 Å². The molecule has 9 rings (SSSR count). The molecule has 3 fully saturated rings. The molecule has 15 nitrogen and oxygen atoms in total. The molecular weight excluding hydrogens is 812 g/mol. The molecule has 310 valence electrons. The summed E-state index contributed by atoms with van der Waals surface area (Å²) in [4.78, 5) is 53.9. The minimum atomic E-state index is -0.564. The van der Waals surface area contributed by atoms with Crippen LogP contribution >= 0.6 is 23.2 Å². The fourth-order valence-electron chi connectivity index (χ4n) is 8.47. The number of aryl methyl sites for hydroxylation is 1. The van der Waals surface area contributed by atoms with Crippen LogP contribution in [-0.2, 0) is 16.6 Å². The monoisotopic (exact) mass is 853 g/mol. The Labute approximate surface area is 354 Å². The highest BCUT2D eigenvalue weighted by molar-refractivity contribution is 6.35. The highest BCUT2D eigenvalue weighted by atomic mass is 35.5. The number of carbonyl (C=O) groups is 3. The third-order valence-electron chi connectivity index (χ3n) is 11.7. The van der Waals surface area contributed by atoms with Crippen LogP contribution in [0.1, 0.15) is 44.3 Å². The molecule has 2 aromatic carbocycles. The number of nitrogens with zero attached hydrogens (tertiary/aromatic N) is 9. The lowest BCUT2D eigenvalue weighted by atomic mass is 9.92. The van der Waals surface area contributed by atoms with E-state index in [-0.39, 0.29) is 30.7 Å². The Balaban J connectivity index is 0.775. The largest absolute Gasteiger partial charge is 0.486 e. The maximum atomic E-state index is 15.6. The molecule has 0 radical (unpaired) electrons. The second-order valence-electron chi connectivity index (χ2n) is 15.5. The molecule has 7 heterocycles. The van der Waals surface area contributed by atoms with Gasteiger partial charge in [0.2, 0.25) is 11.8 Å². The number of ether oxygens (including phenoxy) is 1. The number of fused-ring (bicyclic) bond motifs is 2. The summed E-state index contributed by atoms with van der Waals surface area (Å²) in [5.41, 5.74) is 4.29. The fraction of sp³-hybridized carbons (Fsp3) is 0.357. The van der Waals surface area contributed by atoms with Crippen molar-refractivity contribution in [2.45, 2.75) is 38.7 Å². The number of nitrogens with one attached hydrogen (secondary N) is 2. The summed E-state index contributed by atoms with van der Waals surface area (Å²) in [5, 5.41) is 16.7. The molecule has 18 heteroatoms. The third kappa shape index (κ3) is 7.65. The Morgan fingerprint density at radius 3 is 2.42 bits per heavy atom. The van der Waals surface area contributed by atoms with Gasteiger partial charge in [0.25, 0.3) is 0 Å². The SMILES string of the molecule is C[C@@H](Oc1ccc2[nH]nc(-c3ccc(N4CCN(C(=O)CC5CCN(c6cc7c(cc6F)c(N6CCC(=O)NC6=O)nn7C)CC5)CC4)nc3)c2c1)c1c(Cl)cncc1Cl. The van der Waals surface area contributed by atoms with Crippen molar-refractivity contribution >= 4 is 80.2 Å². The number of anilines is 3. The van der Waals surface area contributed by atoms with E-state index in [4.69, 9.17) is 32.9 Å². The molecule has 0 aliphatic carbocycles. The first-order valence-corrected chi connectivity index (χ1v) is 20.7. The second kappa shape index (κ2) is 16.2. The first-order valence-electron chi connectivity index (χ1n) is 20.0. The number of hydrogen-bond acceptors (Lipinski definition) is 10. The lowest BCUT2D eigenvalue weighted by molar-refractivity contribution is -0.132. The Hall–Kier alpha value is -6.00. The van der Waals surface area contributed by atoms with Gasteiger partial charge >= 0.3 is 6.03 Å². The number of hydrogen-bond donors (Lipinski definition) is 2. The van der Waals surface area contributed by atoms with Crippen LogP contribution in [-0.4, -0.2) is 98.5 Å². The van der Waals surface area contributed by atoms with Gasteiger partial charge in [-0.2, -0.15) is 10.2 Å². The quantitative estimate of drug-likeness (QED) is 0.157. The molecule has 0 saturated carbocycles. The maximum absolute atomic E-state index is 15.6. The van der Waals surface area contributed by atoms with Crippen molar-refractivity contribution in [3.05, 3.63) is 82.5 Å². The molecule has 2 N–H and O–H groups in total. The van der Waals surface area contributed by atoms with Crippen LogP contribution in [0.3, 0.4) is 0 Å². The van der Waals surface area contributed by atoms with Crippen molar-refractivity contribution in [1.82, 2.24) is 40.2 Å². The van der Waals surface area contributed by atoms with Gasteiger partial charge in [-0.15, -0.1) is 0 Å². The summed E-state index contributed by atoms with van der Waals surface area (Å²) in [6.07, 6.45) is 6.66. The van der Waals surface area contributed by atoms with Gasteiger partial charge < -0.3 is 19.4 Å². The summed E-state index contributed by atoms with van der Waals surface area (Å²) in [7, 11) is 1.75. The van der Waals surface area contributed by atoms with Crippen molar-refractivity contribution in [3.63, 3.8) is 0 Å². The average Bonchev–Trinajstić information content (AvgIpc) is 3.80. The molecule has 0 bridgehead atoms. The minimum Gasteiger partial charge on any atom is -0.486 e. The van der Waals surface area contributed by atoms with Crippen LogP contribution in [0.25, 0.3) is 33.1 Å². The molecule has 4 amide bonds. The van der Waals surface area contributed by atoms with E-state index >= 15 is 4.39 Å². The number of piperidine rings is 1. The number of piperazine rings is 1. The molecule has 3 aliphatic heterocycles. The standard InChI is InChI=1S/C42H42Cl2FN11O4/c1-24(39-30(43)22-46-23-31(39)44)60-27-4-5-33-28(18-27)40(50-49-33)26-3-6-36(47-21-26)54-13-15-55(16-14-54)38(58)17-25-7-10-53(11-8-25)35-20-34-29(19-32(35)45)41(51-52(34)2)56-12-9-37(57)48-42(56)59/h3-6,18-25H,7-17H2,1-2H3,(H,49,50)(H,48,57,59)/t24-/m1/s1. The molecule has 3 aliphatic rings. The topological polar surface area (TPSA) is 158 Å². The number of pyridine rings is 2. The van der Waals surface area contributed by atoms with E-state index in [0.29, 0.717) is 89.5 Å². The number of H-pyrrole nitrogens is 1. The number of halogens is 3. The molecule has 4 aromatic heterocycles. The van der Waals surface area contributed by atoms with Crippen molar-refractivity contribution in [1.29, 1.82) is 0 Å². The Kier molecular flexibility index (Phi) is 10.7. The zero-order valence-electron chi connectivity index (χ0n) is 33.0. The summed E-state index contributed by atoms with van der Waals surface area (Å²) in [6.45, 7) is 5.86. The van der Waals surface area contributed by atoms with Gasteiger partial charge in [0, 0.05) is 106 Å². The first-order chi connectivity index (χ1) is 29.0. The zero-order valence-corrected chi connectivity index (χ0v) is 34.5. The van der Waals surface area contributed by atoms with Gasteiger partial charge in [-0.3, -0.25) is 34.6 Å². The highest BCUT2D eigenvalue weighted by Crippen LogP contribution is 2.37. The van der Waals surface area contributed by atoms with E-state index in [9.17, 15) is 14.4 Å². The van der Waals surface area contributed by atoms with Crippen LogP contribution in [0.5, 0.6) is 5.75 Å². The number of aromatic amines is 1. The average molecular weight is 855 g/mol. The van der Waals surface area contributed by atoms with E-state index in [1.54, 1.807) is 30.2 Å². The third-order valence-corrected chi connectivity index (χ3v) is 12.4. The van der Waals surface area contributed by atoms with Gasteiger partial charge in [0.05, 0.1) is 26.8 Å². The predicted molar refractivity (Wildman–Crippen MR) is 227 cm³/mol. The summed E-state index contributed by atoms with van der Waals surface area (Å²) in [6, 6.07) is 12.3. The van der Waals surface area contributed by atoms with Gasteiger partial charge in [0.1, 0.15) is 29.2 Å². The summed E-state index contributed by atoms with van der Waals surface area (Å²) >= 11 is 12.7. The number of amides is 4. The van der Waals surface area contributed by atoms with E-state index in [1.807, 2.05) is 53.3 Å². The zero-order chi connectivity index (χ0) is 41.7. The molecule has 0 spiro atoms. The number of benzene rings is 2. The second-order valence-corrected chi connectivity index (χ2v) is 16.3. The molecular formula is C42H42Cl2FN11O4. The van der Waals surface area contributed by atoms with Crippen LogP contribution < -0.4 is 24.8 Å². The Morgan fingerprint density at radius 2 is 1.70 bits per heavy atom. The Morgan fingerprint density at radius 1 is 0.933 bits per heavy atom. The van der Waals surface area contributed by atoms with E-state index in [1.165, 1.54) is 11.0 Å². The van der Waals surface area contributed by atoms with Crippen molar-refractivity contribution in [2.75, 3.05) is 60.5 Å². The van der Waals surface area contributed by atoms with Gasteiger partial charge in [-0.1, -0.05) is 23.2 Å². The van der Waals surface area contributed by atoms with E-state index < -0.39 is 18.0 Å². The highest BCUT2D eigenvalue weighted by Gasteiger charge is 2.31. The predicted octanol–water partition coefficient (Wildman–Crippen LogP) is 6.89. The first kappa shape index (κ1) is 39.5. The summed E-state index contributed by atoms with van der Waals surface area (Å²) < 4.78 is 23.5. The van der Waals surface area contributed by atoms with Crippen molar-refractivity contribution in [3.8, 4) is 17.0 Å². The Bertz CT molecular complexity index is 2600. The van der Waals surface area contributed by atoms with Crippen molar-refractivity contribution < 1.29 is 23.5 Å². The minimum absolute atomic E-state index is 0.144. The van der Waals surface area contributed by atoms with Gasteiger partial charge in [-0.25, -0.2) is 14.2 Å². The molecule has 0 unspecified atom stereocenters. The van der Waals surface area contributed by atoms with Gasteiger partial charge in [0.15, 0.2) is 5.82 Å². The summed E-state index contributed by atoms with van der Waals surface area (Å²) in [5.74, 6) is 1.40. The molecule has 3 saturated heterocycles. The fourth-order valence-corrected chi connectivity index (χ4v) is 9.14. The van der Waals surface area contributed by atoms with Crippen molar-refractivity contribution in [2.24, 2.45) is 13.0 Å². The molecule has 6 aromatic rings. The lowest BCUT2D eigenvalue weighted by Gasteiger charge is -2.37. The number of urea groups is 1. The molecule has 1 atom stereocenters. The number of imide groups is 1. The normalized spacial score (nSPS) is 17.1. The number of carbonyl (C=O) groups excluding carboxylic acids is 3. The van der Waals surface area contributed by atoms with Crippen LogP contribution in [0, 0.1) is 11.7 Å².